The van der Waals surface area contributed by atoms with Crippen molar-refractivity contribution in [2.24, 2.45) is 0 Å². The minimum absolute atomic E-state index is 0.0163. The molecular weight excluding hydrogens is 216 g/mol. The van der Waals surface area contributed by atoms with Crippen molar-refractivity contribution in [2.45, 2.75) is 4.90 Å². The lowest BCUT2D eigenvalue weighted by molar-refractivity contribution is 0.315. The number of rotatable bonds is 1. The Kier molecular flexibility index (Phi) is 1.74. The zero-order valence-corrected chi connectivity index (χ0v) is 7.71. The summed E-state index contributed by atoms with van der Waals surface area (Å²) in [5.74, 6) is 0. The van der Waals surface area contributed by atoms with Crippen LogP contribution in [0, 0.1) is 0 Å². The van der Waals surface area contributed by atoms with Crippen molar-refractivity contribution >= 4 is 30.8 Å². The van der Waals surface area contributed by atoms with Gasteiger partial charge in [-0.25, -0.2) is 13.0 Å². The summed E-state index contributed by atoms with van der Waals surface area (Å²) in [5, 5.41) is 7.00. The summed E-state index contributed by atoms with van der Waals surface area (Å²) in [6, 6.07) is 4.12. The van der Waals surface area contributed by atoms with E-state index in [0.29, 0.717) is 11.0 Å². The number of nitrogens with zero attached hydrogens (tertiary/aromatic N) is 2. The topological polar surface area (TPSA) is 73.1 Å². The van der Waals surface area contributed by atoms with Crippen LogP contribution in [-0.4, -0.2) is 18.7 Å². The quantitative estimate of drug-likeness (QED) is 0.672. The number of hydrogen-bond acceptors (Lipinski definition) is 5. The lowest BCUT2D eigenvalue weighted by Crippen LogP contribution is -1.89. The van der Waals surface area contributed by atoms with E-state index in [1.54, 1.807) is 0 Å². The van der Waals surface area contributed by atoms with E-state index in [1.165, 1.54) is 18.2 Å². The summed E-state index contributed by atoms with van der Waals surface area (Å²) >= 11 is 0. The molecule has 68 valence electrons. The molecule has 0 aliphatic rings. The van der Waals surface area contributed by atoms with E-state index in [9.17, 15) is 8.42 Å². The average molecular weight is 219 g/mol. The zero-order valence-electron chi connectivity index (χ0n) is 6.14. The first kappa shape index (κ1) is 8.46. The maximum atomic E-state index is 10.9. The summed E-state index contributed by atoms with van der Waals surface area (Å²) in [4.78, 5) is -0.0163. The molecule has 1 aromatic heterocycles. The Morgan fingerprint density at radius 2 is 1.92 bits per heavy atom. The van der Waals surface area contributed by atoms with Crippen molar-refractivity contribution in [3.8, 4) is 0 Å². The van der Waals surface area contributed by atoms with Crippen LogP contribution in [0.1, 0.15) is 0 Å². The maximum Gasteiger partial charge on any atom is 0.261 e. The average Bonchev–Trinajstić information content (AvgIpc) is 2.47. The highest BCUT2D eigenvalue weighted by atomic mass is 35.7. The second kappa shape index (κ2) is 2.68. The van der Waals surface area contributed by atoms with Gasteiger partial charge in [-0.15, -0.1) is 0 Å². The van der Waals surface area contributed by atoms with E-state index >= 15 is 0 Å². The van der Waals surface area contributed by atoms with Crippen LogP contribution >= 0.6 is 10.7 Å². The summed E-state index contributed by atoms with van der Waals surface area (Å²) in [5.41, 5.74) is 0.853. The third kappa shape index (κ3) is 1.50. The first-order valence-corrected chi connectivity index (χ1v) is 5.55. The zero-order chi connectivity index (χ0) is 9.47. The highest BCUT2D eigenvalue weighted by Crippen LogP contribution is 2.18. The molecule has 0 radical (unpaired) electrons. The number of aromatic nitrogens is 2. The van der Waals surface area contributed by atoms with E-state index in [-0.39, 0.29) is 4.90 Å². The molecule has 0 N–H and O–H groups in total. The molecule has 7 heteroatoms. The van der Waals surface area contributed by atoms with Gasteiger partial charge in [0, 0.05) is 10.7 Å². The van der Waals surface area contributed by atoms with E-state index in [0.717, 1.165) is 0 Å². The van der Waals surface area contributed by atoms with Crippen molar-refractivity contribution in [3.63, 3.8) is 0 Å². The third-order valence-corrected chi connectivity index (χ3v) is 2.86. The monoisotopic (exact) mass is 218 g/mol. The van der Waals surface area contributed by atoms with Gasteiger partial charge in [0.2, 0.25) is 0 Å². The first-order valence-electron chi connectivity index (χ1n) is 3.24. The highest BCUT2D eigenvalue weighted by molar-refractivity contribution is 8.13. The largest absolute Gasteiger partial charge is 0.261 e. The van der Waals surface area contributed by atoms with Crippen LogP contribution in [0.15, 0.2) is 27.7 Å². The SMILES string of the molecule is O=S(=O)(Cl)c1ccc2nonc2c1. The highest BCUT2D eigenvalue weighted by Gasteiger charge is 2.11. The van der Waals surface area contributed by atoms with Gasteiger partial charge in [0.15, 0.2) is 0 Å². The molecule has 13 heavy (non-hydrogen) atoms. The summed E-state index contributed by atoms with van der Waals surface area (Å²) < 4.78 is 26.2. The Morgan fingerprint density at radius 1 is 1.23 bits per heavy atom. The van der Waals surface area contributed by atoms with Crippen LogP contribution in [0.4, 0.5) is 0 Å². The van der Waals surface area contributed by atoms with Gasteiger partial charge in [-0.05, 0) is 28.5 Å². The predicted octanol–water partition coefficient (Wildman–Crippen LogP) is 1.15. The normalized spacial score (nSPS) is 12.1. The molecule has 0 aliphatic heterocycles. The van der Waals surface area contributed by atoms with Crippen molar-refractivity contribution in [2.75, 3.05) is 0 Å². The van der Waals surface area contributed by atoms with E-state index in [4.69, 9.17) is 10.7 Å². The minimum Gasteiger partial charge on any atom is -0.243 e. The number of benzene rings is 1. The Hall–Kier alpha value is -1.14. The van der Waals surface area contributed by atoms with E-state index < -0.39 is 9.05 Å². The van der Waals surface area contributed by atoms with Crippen molar-refractivity contribution in [1.82, 2.24) is 10.3 Å². The molecule has 0 fully saturated rings. The lowest BCUT2D eigenvalue weighted by Gasteiger charge is -1.92. The van der Waals surface area contributed by atoms with Crippen LogP contribution in [-0.2, 0) is 9.05 Å². The molecule has 0 unspecified atom stereocenters. The van der Waals surface area contributed by atoms with Crippen LogP contribution in [0.2, 0.25) is 0 Å². The molecule has 5 nitrogen and oxygen atoms in total. The Balaban J connectivity index is 2.75. The fraction of sp³-hybridized carbons (Fsp3) is 0. The van der Waals surface area contributed by atoms with Gasteiger partial charge in [0.25, 0.3) is 9.05 Å². The minimum atomic E-state index is -3.71. The summed E-state index contributed by atoms with van der Waals surface area (Å²) in [6.45, 7) is 0. The third-order valence-electron chi connectivity index (χ3n) is 1.51. The summed E-state index contributed by atoms with van der Waals surface area (Å²) in [7, 11) is 1.41. The molecule has 0 saturated heterocycles. The Bertz CT molecular complexity index is 548. The molecule has 1 heterocycles. The molecule has 0 spiro atoms. The van der Waals surface area contributed by atoms with E-state index in [1.807, 2.05) is 0 Å². The van der Waals surface area contributed by atoms with Gasteiger partial charge in [-0.1, -0.05) is 0 Å². The first-order chi connectivity index (χ1) is 6.07. The lowest BCUT2D eigenvalue weighted by atomic mass is 10.3. The molecule has 0 bridgehead atoms. The fourth-order valence-electron chi connectivity index (χ4n) is 0.914. The molecule has 0 aliphatic carbocycles. The molecule has 0 atom stereocenters. The van der Waals surface area contributed by atoms with Crippen LogP contribution in [0.5, 0.6) is 0 Å². The Labute approximate surface area is 77.7 Å². The maximum absolute atomic E-state index is 10.9. The molecule has 0 saturated carbocycles. The number of halogens is 1. The smallest absolute Gasteiger partial charge is 0.243 e. The van der Waals surface area contributed by atoms with Crippen LogP contribution < -0.4 is 0 Å². The van der Waals surface area contributed by atoms with E-state index in [2.05, 4.69) is 14.9 Å². The number of hydrogen-bond donors (Lipinski definition) is 0. The number of fused-ring (bicyclic) bond motifs is 1. The van der Waals surface area contributed by atoms with Gasteiger partial charge >= 0.3 is 0 Å². The predicted molar refractivity (Wildman–Crippen MR) is 44.8 cm³/mol. The van der Waals surface area contributed by atoms with Crippen LogP contribution in [0.3, 0.4) is 0 Å². The standard InChI is InChI=1S/C6H3ClN2O3S/c7-13(10,11)4-1-2-5-6(3-4)9-12-8-5/h1-3H. The molecular formula is C6H3ClN2O3S. The second-order valence-corrected chi connectivity index (χ2v) is 4.92. The molecule has 0 amide bonds. The Morgan fingerprint density at radius 3 is 2.62 bits per heavy atom. The summed E-state index contributed by atoms with van der Waals surface area (Å²) in [6.07, 6.45) is 0. The van der Waals surface area contributed by atoms with Gasteiger partial charge in [-0.2, -0.15) is 0 Å². The molecule has 1 aromatic carbocycles. The van der Waals surface area contributed by atoms with Gasteiger partial charge in [0.1, 0.15) is 11.0 Å². The van der Waals surface area contributed by atoms with Crippen molar-refractivity contribution in [3.05, 3.63) is 18.2 Å². The second-order valence-electron chi connectivity index (χ2n) is 2.35. The fourth-order valence-corrected chi connectivity index (χ4v) is 1.68. The van der Waals surface area contributed by atoms with Gasteiger partial charge < -0.3 is 0 Å². The molecule has 2 rings (SSSR count). The van der Waals surface area contributed by atoms with Crippen molar-refractivity contribution < 1.29 is 13.0 Å². The molecule has 2 aromatic rings. The van der Waals surface area contributed by atoms with Crippen LogP contribution in [0.25, 0.3) is 11.0 Å². The van der Waals surface area contributed by atoms with Crippen molar-refractivity contribution in [1.29, 1.82) is 0 Å². The van der Waals surface area contributed by atoms with Gasteiger partial charge in [-0.3, -0.25) is 0 Å². The van der Waals surface area contributed by atoms with Gasteiger partial charge in [0.05, 0.1) is 4.90 Å².